The molecule has 128 valence electrons. The number of amides is 2. The first-order valence-corrected chi connectivity index (χ1v) is 7.85. The van der Waals surface area contributed by atoms with Crippen LogP contribution in [0.3, 0.4) is 0 Å². The number of ether oxygens (including phenoxy) is 1. The van der Waals surface area contributed by atoms with E-state index in [1.54, 1.807) is 31.4 Å². The summed E-state index contributed by atoms with van der Waals surface area (Å²) in [5.41, 5.74) is 7.00. The van der Waals surface area contributed by atoms with E-state index in [2.05, 4.69) is 5.32 Å². The zero-order valence-corrected chi connectivity index (χ0v) is 13.8. The summed E-state index contributed by atoms with van der Waals surface area (Å²) in [5.74, 6) is -0.129. The van der Waals surface area contributed by atoms with Crippen LogP contribution in [0.2, 0.25) is 0 Å². The molecule has 25 heavy (non-hydrogen) atoms. The van der Waals surface area contributed by atoms with E-state index < -0.39 is 11.9 Å². The number of benzene rings is 2. The number of hydrogen-bond acceptors (Lipinski definition) is 3. The zero-order valence-electron chi connectivity index (χ0n) is 13.8. The number of hydrogen-bond donors (Lipinski definition) is 2. The third-order valence-corrected chi connectivity index (χ3v) is 4.01. The Labute approximate surface area is 145 Å². The van der Waals surface area contributed by atoms with Crippen LogP contribution in [0.25, 0.3) is 10.9 Å². The Kier molecular flexibility index (Phi) is 4.70. The van der Waals surface area contributed by atoms with Gasteiger partial charge in [-0.05, 0) is 29.8 Å². The molecule has 0 saturated carbocycles. The minimum absolute atomic E-state index is 0.0897. The number of nitrogens with two attached hydrogens (primary N) is 1. The number of aromatic nitrogens is 1. The molecular weight excluding hydrogens is 318 g/mol. The molecule has 0 aliphatic heterocycles. The van der Waals surface area contributed by atoms with Gasteiger partial charge in [0.2, 0.25) is 11.8 Å². The van der Waals surface area contributed by atoms with Gasteiger partial charge in [-0.3, -0.25) is 9.59 Å². The molecule has 1 aromatic heterocycles. The van der Waals surface area contributed by atoms with E-state index in [-0.39, 0.29) is 12.5 Å². The molecule has 6 heteroatoms. The predicted molar refractivity (Wildman–Crippen MR) is 95.0 cm³/mol. The van der Waals surface area contributed by atoms with Crippen molar-refractivity contribution in [3.63, 3.8) is 0 Å². The van der Waals surface area contributed by atoms with Gasteiger partial charge in [0.05, 0.1) is 7.11 Å². The van der Waals surface area contributed by atoms with Crippen molar-refractivity contribution in [2.45, 2.75) is 12.6 Å². The topological polar surface area (TPSA) is 86.3 Å². The van der Waals surface area contributed by atoms with Crippen LogP contribution < -0.4 is 15.8 Å². The largest absolute Gasteiger partial charge is 0.497 e. The SMILES string of the molecule is COc1ccc2c(ccn2CC(=O)NC(C(N)=O)c2ccccc2)c1. The smallest absolute Gasteiger partial charge is 0.244 e. The number of carbonyl (C=O) groups is 2. The molecule has 1 atom stereocenters. The Morgan fingerprint density at radius 3 is 2.60 bits per heavy atom. The van der Waals surface area contributed by atoms with Gasteiger partial charge in [0.1, 0.15) is 18.3 Å². The molecule has 6 nitrogen and oxygen atoms in total. The Morgan fingerprint density at radius 2 is 1.92 bits per heavy atom. The highest BCUT2D eigenvalue weighted by molar-refractivity contribution is 5.89. The molecule has 0 bridgehead atoms. The van der Waals surface area contributed by atoms with Crippen molar-refractivity contribution in [3.8, 4) is 5.75 Å². The molecule has 0 fully saturated rings. The highest BCUT2D eigenvalue weighted by Crippen LogP contribution is 2.22. The first kappa shape index (κ1) is 16.6. The minimum Gasteiger partial charge on any atom is -0.497 e. The van der Waals surface area contributed by atoms with Crippen LogP contribution in [0.1, 0.15) is 11.6 Å². The Balaban J connectivity index is 1.76. The summed E-state index contributed by atoms with van der Waals surface area (Å²) in [6.45, 7) is 0.0897. The van der Waals surface area contributed by atoms with E-state index in [0.29, 0.717) is 5.56 Å². The van der Waals surface area contributed by atoms with E-state index in [9.17, 15) is 9.59 Å². The fraction of sp³-hybridized carbons (Fsp3) is 0.158. The van der Waals surface area contributed by atoms with Gasteiger partial charge in [0.15, 0.2) is 0 Å². The van der Waals surface area contributed by atoms with Gasteiger partial charge < -0.3 is 20.4 Å². The van der Waals surface area contributed by atoms with Crippen LogP contribution in [0, 0.1) is 0 Å². The van der Waals surface area contributed by atoms with Crippen molar-refractivity contribution in [1.82, 2.24) is 9.88 Å². The lowest BCUT2D eigenvalue weighted by Crippen LogP contribution is -2.39. The molecule has 2 aromatic carbocycles. The van der Waals surface area contributed by atoms with Gasteiger partial charge in [0, 0.05) is 17.1 Å². The van der Waals surface area contributed by atoms with Crippen molar-refractivity contribution in [2.75, 3.05) is 7.11 Å². The number of nitrogens with zero attached hydrogens (tertiary/aromatic N) is 1. The fourth-order valence-electron chi connectivity index (χ4n) is 2.77. The monoisotopic (exact) mass is 337 g/mol. The number of fused-ring (bicyclic) bond motifs is 1. The predicted octanol–water partition coefficient (Wildman–Crippen LogP) is 1.99. The Morgan fingerprint density at radius 1 is 1.16 bits per heavy atom. The molecule has 1 heterocycles. The maximum Gasteiger partial charge on any atom is 0.244 e. The summed E-state index contributed by atoms with van der Waals surface area (Å²) >= 11 is 0. The number of rotatable bonds is 6. The van der Waals surface area contributed by atoms with Crippen molar-refractivity contribution in [2.24, 2.45) is 5.73 Å². The molecule has 0 spiro atoms. The number of nitrogens with one attached hydrogen (secondary N) is 1. The normalized spacial score (nSPS) is 11.9. The summed E-state index contributed by atoms with van der Waals surface area (Å²) < 4.78 is 7.01. The van der Waals surface area contributed by atoms with Gasteiger partial charge in [0.25, 0.3) is 0 Å². The molecule has 3 aromatic rings. The minimum atomic E-state index is -0.851. The van der Waals surface area contributed by atoms with Crippen molar-refractivity contribution in [1.29, 1.82) is 0 Å². The lowest BCUT2D eigenvalue weighted by Gasteiger charge is -2.16. The second kappa shape index (κ2) is 7.09. The Bertz CT molecular complexity index is 903. The van der Waals surface area contributed by atoms with E-state index in [0.717, 1.165) is 16.7 Å². The Hall–Kier alpha value is -3.28. The van der Waals surface area contributed by atoms with Crippen LogP contribution >= 0.6 is 0 Å². The van der Waals surface area contributed by atoms with E-state index in [1.165, 1.54) is 0 Å². The zero-order chi connectivity index (χ0) is 17.8. The van der Waals surface area contributed by atoms with Gasteiger partial charge in [-0.15, -0.1) is 0 Å². The lowest BCUT2D eigenvalue weighted by atomic mass is 10.1. The van der Waals surface area contributed by atoms with Crippen LogP contribution in [0.15, 0.2) is 60.8 Å². The first-order chi connectivity index (χ1) is 12.1. The van der Waals surface area contributed by atoms with E-state index in [1.807, 2.05) is 41.1 Å². The van der Waals surface area contributed by atoms with Crippen LogP contribution in [0.4, 0.5) is 0 Å². The molecule has 0 saturated heterocycles. The maximum absolute atomic E-state index is 12.4. The third-order valence-electron chi connectivity index (χ3n) is 4.01. The summed E-state index contributed by atoms with van der Waals surface area (Å²) in [6.07, 6.45) is 1.82. The molecule has 1 unspecified atom stereocenters. The quantitative estimate of drug-likeness (QED) is 0.721. The third kappa shape index (κ3) is 3.63. The summed E-state index contributed by atoms with van der Waals surface area (Å²) in [4.78, 5) is 24.1. The first-order valence-electron chi connectivity index (χ1n) is 7.85. The number of methoxy groups -OCH3 is 1. The molecular formula is C19H19N3O3. The molecule has 3 N–H and O–H groups in total. The molecule has 0 radical (unpaired) electrons. The summed E-state index contributed by atoms with van der Waals surface area (Å²) in [6, 6.07) is 15.6. The van der Waals surface area contributed by atoms with E-state index >= 15 is 0 Å². The van der Waals surface area contributed by atoms with E-state index in [4.69, 9.17) is 10.5 Å². The van der Waals surface area contributed by atoms with Crippen LogP contribution in [0.5, 0.6) is 5.75 Å². The van der Waals surface area contributed by atoms with Crippen molar-refractivity contribution in [3.05, 3.63) is 66.4 Å². The standard InChI is InChI=1S/C19H19N3O3/c1-25-15-7-8-16-14(11-15)9-10-22(16)12-17(23)21-18(19(20)24)13-5-3-2-4-6-13/h2-11,18H,12H2,1H3,(H2,20,24)(H,21,23). The van der Waals surface area contributed by atoms with Gasteiger partial charge in [-0.2, -0.15) is 0 Å². The van der Waals surface area contributed by atoms with Crippen LogP contribution in [-0.4, -0.2) is 23.5 Å². The lowest BCUT2D eigenvalue weighted by molar-refractivity contribution is -0.127. The van der Waals surface area contributed by atoms with Crippen LogP contribution in [-0.2, 0) is 16.1 Å². The second-order valence-corrected chi connectivity index (χ2v) is 5.68. The molecule has 3 rings (SSSR count). The van der Waals surface area contributed by atoms with Gasteiger partial charge >= 0.3 is 0 Å². The fourth-order valence-corrected chi connectivity index (χ4v) is 2.77. The second-order valence-electron chi connectivity index (χ2n) is 5.68. The van der Waals surface area contributed by atoms with Gasteiger partial charge in [-0.1, -0.05) is 30.3 Å². The maximum atomic E-state index is 12.4. The average molecular weight is 337 g/mol. The average Bonchev–Trinajstić information content (AvgIpc) is 3.02. The number of carbonyl (C=O) groups excluding carboxylic acids is 2. The van der Waals surface area contributed by atoms with Crippen molar-refractivity contribution < 1.29 is 14.3 Å². The highest BCUT2D eigenvalue weighted by Gasteiger charge is 2.20. The summed E-state index contributed by atoms with van der Waals surface area (Å²) in [7, 11) is 1.61. The van der Waals surface area contributed by atoms with Gasteiger partial charge in [-0.25, -0.2) is 0 Å². The molecule has 2 amide bonds. The number of primary amides is 1. The summed E-state index contributed by atoms with van der Waals surface area (Å²) in [5, 5.41) is 3.67. The molecule has 0 aliphatic carbocycles. The highest BCUT2D eigenvalue weighted by atomic mass is 16.5. The molecule has 0 aliphatic rings. The van der Waals surface area contributed by atoms with Crippen molar-refractivity contribution >= 4 is 22.7 Å².